The monoisotopic (exact) mass is 423 g/mol. The summed E-state index contributed by atoms with van der Waals surface area (Å²) in [5.74, 6) is 0.990. The zero-order chi connectivity index (χ0) is 22.1. The zero-order valence-electron chi connectivity index (χ0n) is 17.3. The fourth-order valence-electron chi connectivity index (χ4n) is 3.45. The minimum atomic E-state index is -0.598. The second-order valence-corrected chi connectivity index (χ2v) is 7.57. The van der Waals surface area contributed by atoms with Gasteiger partial charge in [0, 0.05) is 27.7 Å². The summed E-state index contributed by atoms with van der Waals surface area (Å²) in [7, 11) is 0. The quantitative estimate of drug-likeness (QED) is 0.336. The molecule has 5 aromatic rings. The van der Waals surface area contributed by atoms with E-state index in [4.69, 9.17) is 15.7 Å². The molecule has 8 nitrogen and oxygen atoms in total. The zero-order valence-corrected chi connectivity index (χ0v) is 17.3. The molecule has 5 rings (SSSR count). The van der Waals surface area contributed by atoms with Gasteiger partial charge < -0.3 is 16.4 Å². The Bertz CT molecular complexity index is 1440. The highest BCUT2D eigenvalue weighted by molar-refractivity contribution is 5.95. The summed E-state index contributed by atoms with van der Waals surface area (Å²) in [4.78, 5) is 21.5. The first-order chi connectivity index (χ1) is 15.6. The van der Waals surface area contributed by atoms with Crippen LogP contribution in [-0.4, -0.2) is 32.1 Å². The summed E-state index contributed by atoms with van der Waals surface area (Å²) in [5.41, 5.74) is 9.77. The number of nitrogens with one attached hydrogen (secondary N) is 3. The van der Waals surface area contributed by atoms with Crippen molar-refractivity contribution in [2.75, 3.05) is 10.6 Å². The molecular formula is C24H21N7O. The van der Waals surface area contributed by atoms with Crippen molar-refractivity contribution >= 4 is 44.9 Å². The summed E-state index contributed by atoms with van der Waals surface area (Å²) in [6.45, 7) is 1.64. The minimum absolute atomic E-state index is 0.251. The summed E-state index contributed by atoms with van der Waals surface area (Å²) >= 11 is 0. The maximum atomic E-state index is 12.0. The van der Waals surface area contributed by atoms with Gasteiger partial charge in [-0.2, -0.15) is 5.10 Å². The van der Waals surface area contributed by atoms with Crippen LogP contribution < -0.4 is 16.4 Å². The first-order valence-corrected chi connectivity index (χ1v) is 10.2. The van der Waals surface area contributed by atoms with E-state index in [1.165, 1.54) is 0 Å². The molecule has 2 aromatic heterocycles. The standard InChI is InChI=1S/C24H21N7O/c1-14(25)24(32)28-17-6-4-5-15(11-17)22-29-21-8-3-2-7-19(21)23(30-22)27-18-9-10-20-16(12-18)13-26-31-20/h2-14H,25H2,1H3,(H,26,31)(H,28,32)(H,27,29,30)/t14-/m1/s1. The predicted molar refractivity (Wildman–Crippen MR) is 127 cm³/mol. The third kappa shape index (κ3) is 3.86. The molecule has 0 saturated heterocycles. The Morgan fingerprint density at radius 2 is 1.88 bits per heavy atom. The van der Waals surface area contributed by atoms with E-state index < -0.39 is 6.04 Å². The number of anilines is 3. The number of hydrogen-bond donors (Lipinski definition) is 4. The Balaban J connectivity index is 1.55. The first kappa shape index (κ1) is 19.7. The van der Waals surface area contributed by atoms with Crippen LogP contribution in [0.5, 0.6) is 0 Å². The average molecular weight is 423 g/mol. The van der Waals surface area contributed by atoms with Gasteiger partial charge >= 0.3 is 0 Å². The molecule has 1 atom stereocenters. The maximum absolute atomic E-state index is 12.0. The number of carbonyl (C=O) groups is 1. The van der Waals surface area contributed by atoms with Gasteiger partial charge in [0.15, 0.2) is 5.82 Å². The molecule has 2 heterocycles. The van der Waals surface area contributed by atoms with E-state index >= 15 is 0 Å². The normalized spacial score (nSPS) is 12.1. The van der Waals surface area contributed by atoms with Crippen molar-refractivity contribution in [3.8, 4) is 11.4 Å². The highest BCUT2D eigenvalue weighted by Gasteiger charge is 2.12. The number of nitrogens with zero attached hydrogens (tertiary/aromatic N) is 3. The largest absolute Gasteiger partial charge is 0.340 e. The Morgan fingerprint density at radius 1 is 1.00 bits per heavy atom. The fraction of sp³-hybridized carbons (Fsp3) is 0.0833. The van der Waals surface area contributed by atoms with Crippen molar-refractivity contribution in [3.05, 3.63) is 72.9 Å². The Morgan fingerprint density at radius 3 is 2.75 bits per heavy atom. The molecule has 0 saturated carbocycles. The lowest BCUT2D eigenvalue weighted by Gasteiger charge is -2.12. The number of carbonyl (C=O) groups excluding carboxylic acids is 1. The summed E-state index contributed by atoms with van der Waals surface area (Å²) in [5, 5.41) is 15.2. The number of para-hydroxylation sites is 1. The van der Waals surface area contributed by atoms with Crippen molar-refractivity contribution in [3.63, 3.8) is 0 Å². The number of benzene rings is 3. The summed E-state index contributed by atoms with van der Waals surface area (Å²) in [6, 6.07) is 20.6. The van der Waals surface area contributed by atoms with E-state index in [9.17, 15) is 4.79 Å². The second-order valence-electron chi connectivity index (χ2n) is 7.57. The maximum Gasteiger partial charge on any atom is 0.240 e. The van der Waals surface area contributed by atoms with Gasteiger partial charge in [-0.05, 0) is 49.4 Å². The van der Waals surface area contributed by atoms with Crippen LogP contribution in [-0.2, 0) is 4.79 Å². The van der Waals surface area contributed by atoms with Crippen LogP contribution in [0.4, 0.5) is 17.2 Å². The molecule has 158 valence electrons. The van der Waals surface area contributed by atoms with Crippen LogP contribution in [0.25, 0.3) is 33.2 Å². The molecule has 0 bridgehead atoms. The summed E-state index contributed by atoms with van der Waals surface area (Å²) < 4.78 is 0. The minimum Gasteiger partial charge on any atom is -0.340 e. The van der Waals surface area contributed by atoms with Crippen LogP contribution in [0.3, 0.4) is 0 Å². The lowest BCUT2D eigenvalue weighted by atomic mass is 10.1. The number of aromatic nitrogens is 4. The molecule has 0 unspecified atom stereocenters. The number of hydrogen-bond acceptors (Lipinski definition) is 6. The molecule has 8 heteroatoms. The van der Waals surface area contributed by atoms with E-state index in [1.54, 1.807) is 13.1 Å². The third-order valence-electron chi connectivity index (χ3n) is 5.11. The number of rotatable bonds is 5. The third-order valence-corrected chi connectivity index (χ3v) is 5.11. The van der Waals surface area contributed by atoms with Gasteiger partial charge in [0.25, 0.3) is 0 Å². The van der Waals surface area contributed by atoms with Gasteiger partial charge in [0.1, 0.15) is 5.82 Å². The topological polar surface area (TPSA) is 122 Å². The number of amides is 1. The highest BCUT2D eigenvalue weighted by Crippen LogP contribution is 2.29. The van der Waals surface area contributed by atoms with E-state index in [1.807, 2.05) is 66.7 Å². The fourth-order valence-corrected chi connectivity index (χ4v) is 3.45. The highest BCUT2D eigenvalue weighted by atomic mass is 16.2. The molecule has 0 aliphatic rings. The number of fused-ring (bicyclic) bond motifs is 2. The van der Waals surface area contributed by atoms with Gasteiger partial charge in [-0.25, -0.2) is 9.97 Å². The molecule has 3 aromatic carbocycles. The molecule has 1 amide bonds. The van der Waals surface area contributed by atoms with E-state index in [0.717, 1.165) is 33.1 Å². The van der Waals surface area contributed by atoms with Crippen molar-refractivity contribution in [2.24, 2.45) is 5.73 Å². The van der Waals surface area contributed by atoms with E-state index in [0.29, 0.717) is 17.3 Å². The number of nitrogens with two attached hydrogens (primary N) is 1. The van der Waals surface area contributed by atoms with Crippen molar-refractivity contribution in [2.45, 2.75) is 13.0 Å². The number of H-pyrrole nitrogens is 1. The van der Waals surface area contributed by atoms with Crippen molar-refractivity contribution in [1.82, 2.24) is 20.2 Å². The van der Waals surface area contributed by atoms with Crippen LogP contribution >= 0.6 is 0 Å². The van der Waals surface area contributed by atoms with E-state index in [-0.39, 0.29) is 5.91 Å². The molecule has 5 N–H and O–H groups in total. The number of aromatic amines is 1. The van der Waals surface area contributed by atoms with Crippen molar-refractivity contribution < 1.29 is 4.79 Å². The molecule has 0 fully saturated rings. The molecular weight excluding hydrogens is 402 g/mol. The van der Waals surface area contributed by atoms with Gasteiger partial charge in [-0.15, -0.1) is 0 Å². The van der Waals surface area contributed by atoms with Crippen molar-refractivity contribution in [1.29, 1.82) is 0 Å². The van der Waals surface area contributed by atoms with Gasteiger partial charge in [-0.3, -0.25) is 9.89 Å². The smallest absolute Gasteiger partial charge is 0.240 e. The average Bonchev–Trinajstić information content (AvgIpc) is 3.27. The van der Waals surface area contributed by atoms with Crippen LogP contribution in [0.1, 0.15) is 6.92 Å². The predicted octanol–water partition coefficient (Wildman–Crippen LogP) is 4.20. The first-order valence-electron chi connectivity index (χ1n) is 10.2. The summed E-state index contributed by atoms with van der Waals surface area (Å²) in [6.07, 6.45) is 1.78. The van der Waals surface area contributed by atoms with E-state index in [2.05, 4.69) is 20.8 Å². The van der Waals surface area contributed by atoms with Crippen LogP contribution in [0.15, 0.2) is 72.9 Å². The molecule has 0 aliphatic heterocycles. The molecule has 32 heavy (non-hydrogen) atoms. The molecule has 0 aliphatic carbocycles. The lowest BCUT2D eigenvalue weighted by Crippen LogP contribution is -2.32. The molecule has 0 radical (unpaired) electrons. The van der Waals surface area contributed by atoms with Gasteiger partial charge in [-0.1, -0.05) is 24.3 Å². The van der Waals surface area contributed by atoms with Crippen LogP contribution in [0.2, 0.25) is 0 Å². The second kappa shape index (κ2) is 8.09. The van der Waals surface area contributed by atoms with Gasteiger partial charge in [0.2, 0.25) is 5.91 Å². The van der Waals surface area contributed by atoms with Gasteiger partial charge in [0.05, 0.1) is 23.3 Å². The Labute approximate surface area is 183 Å². The molecule has 0 spiro atoms. The van der Waals surface area contributed by atoms with Crippen LogP contribution in [0, 0.1) is 0 Å². The Hall–Kier alpha value is -4.30. The Kier molecular flexibility index (Phi) is 4.97. The lowest BCUT2D eigenvalue weighted by molar-refractivity contribution is -0.117. The SMILES string of the molecule is C[C@@H](N)C(=O)Nc1cccc(-c2nc(Nc3ccc4[nH]ncc4c3)c3ccccc3n2)c1.